The summed E-state index contributed by atoms with van der Waals surface area (Å²) in [4.78, 5) is 12.8. The van der Waals surface area contributed by atoms with E-state index in [0.29, 0.717) is 6.42 Å². The topological polar surface area (TPSA) is 40.5 Å². The van der Waals surface area contributed by atoms with Gasteiger partial charge in [-0.15, -0.1) is 0 Å². The molecule has 0 heterocycles. The predicted molar refractivity (Wildman–Crippen MR) is 67.7 cm³/mol. The summed E-state index contributed by atoms with van der Waals surface area (Å²) in [7, 11) is 3.56. The molecule has 1 aromatic carbocycles. The van der Waals surface area contributed by atoms with Crippen LogP contribution in [-0.2, 0) is 11.2 Å². The lowest BCUT2D eigenvalue weighted by atomic mass is 10.0. The Kier molecular flexibility index (Phi) is 4.50. The number of halogens is 1. The van der Waals surface area contributed by atoms with E-state index in [0.717, 1.165) is 15.6 Å². The largest absolute Gasteiger partial charge is 0.480 e. The highest BCUT2D eigenvalue weighted by atomic mass is 79.9. The lowest BCUT2D eigenvalue weighted by Gasteiger charge is -2.20. The van der Waals surface area contributed by atoms with Gasteiger partial charge in [-0.25, -0.2) is 0 Å². The first-order valence-electron chi connectivity index (χ1n) is 5.06. The fourth-order valence-electron chi connectivity index (χ4n) is 1.52. The van der Waals surface area contributed by atoms with Crippen molar-refractivity contribution in [3.05, 3.63) is 33.8 Å². The number of hydrogen-bond donors (Lipinski definition) is 1. The van der Waals surface area contributed by atoms with E-state index in [9.17, 15) is 4.79 Å². The number of carboxylic acid groups (broad SMARTS) is 1. The van der Waals surface area contributed by atoms with Gasteiger partial charge in [0.05, 0.1) is 0 Å². The Morgan fingerprint density at radius 2 is 2.12 bits per heavy atom. The predicted octanol–water partition coefficient (Wildman–Crippen LogP) is 2.31. The number of benzene rings is 1. The van der Waals surface area contributed by atoms with Crippen LogP contribution in [0, 0.1) is 6.92 Å². The van der Waals surface area contributed by atoms with Gasteiger partial charge < -0.3 is 5.11 Å². The van der Waals surface area contributed by atoms with Crippen LogP contribution in [-0.4, -0.2) is 36.1 Å². The number of aryl methyl sites for hydroxylation is 1. The van der Waals surface area contributed by atoms with Crippen LogP contribution in [0.2, 0.25) is 0 Å². The molecule has 0 aliphatic rings. The SMILES string of the molecule is Cc1ccc(CC(C(=O)O)N(C)C)c(Br)c1. The average molecular weight is 286 g/mol. The zero-order valence-electron chi connectivity index (χ0n) is 9.70. The minimum Gasteiger partial charge on any atom is -0.480 e. The van der Waals surface area contributed by atoms with Crippen LogP contribution in [0.1, 0.15) is 11.1 Å². The van der Waals surface area contributed by atoms with Gasteiger partial charge in [0, 0.05) is 4.47 Å². The second-order valence-corrected chi connectivity index (χ2v) is 4.97. The van der Waals surface area contributed by atoms with Crippen molar-refractivity contribution in [2.24, 2.45) is 0 Å². The smallest absolute Gasteiger partial charge is 0.321 e. The molecular weight excluding hydrogens is 270 g/mol. The summed E-state index contributed by atoms with van der Waals surface area (Å²) >= 11 is 3.46. The van der Waals surface area contributed by atoms with E-state index in [2.05, 4.69) is 15.9 Å². The Bertz CT molecular complexity index is 391. The zero-order chi connectivity index (χ0) is 12.3. The zero-order valence-corrected chi connectivity index (χ0v) is 11.3. The highest BCUT2D eigenvalue weighted by molar-refractivity contribution is 9.10. The third kappa shape index (κ3) is 3.32. The number of aliphatic carboxylic acids is 1. The maximum atomic E-state index is 11.1. The molecule has 1 aromatic rings. The number of carboxylic acids is 1. The third-order valence-corrected chi connectivity index (χ3v) is 3.27. The molecule has 3 nitrogen and oxygen atoms in total. The molecule has 1 N–H and O–H groups in total. The van der Waals surface area contributed by atoms with Crippen LogP contribution >= 0.6 is 15.9 Å². The van der Waals surface area contributed by atoms with E-state index in [1.54, 1.807) is 19.0 Å². The average Bonchev–Trinajstić information content (AvgIpc) is 2.15. The first kappa shape index (κ1) is 13.2. The van der Waals surface area contributed by atoms with Crippen molar-refractivity contribution < 1.29 is 9.90 Å². The van der Waals surface area contributed by atoms with Crippen molar-refractivity contribution in [1.29, 1.82) is 0 Å². The Hall–Kier alpha value is -0.870. The number of nitrogens with zero attached hydrogens (tertiary/aromatic N) is 1. The van der Waals surface area contributed by atoms with Crippen molar-refractivity contribution in [3.63, 3.8) is 0 Å². The van der Waals surface area contributed by atoms with Crippen LogP contribution in [0.25, 0.3) is 0 Å². The summed E-state index contributed by atoms with van der Waals surface area (Å²) in [5.74, 6) is -0.794. The number of rotatable bonds is 4. The van der Waals surface area contributed by atoms with Crippen molar-refractivity contribution >= 4 is 21.9 Å². The molecule has 1 atom stereocenters. The van der Waals surface area contributed by atoms with Gasteiger partial charge in [-0.2, -0.15) is 0 Å². The standard InChI is InChI=1S/C12H16BrNO2/c1-8-4-5-9(10(13)6-8)7-11(12(15)16)14(2)3/h4-6,11H,7H2,1-3H3,(H,15,16). The van der Waals surface area contributed by atoms with Gasteiger partial charge >= 0.3 is 5.97 Å². The molecule has 0 aromatic heterocycles. The molecule has 0 amide bonds. The van der Waals surface area contributed by atoms with E-state index in [1.165, 1.54) is 0 Å². The van der Waals surface area contributed by atoms with Crippen molar-refractivity contribution in [1.82, 2.24) is 4.90 Å². The Morgan fingerprint density at radius 1 is 1.50 bits per heavy atom. The molecule has 0 fully saturated rings. The Morgan fingerprint density at radius 3 is 2.56 bits per heavy atom. The quantitative estimate of drug-likeness (QED) is 0.923. The first-order valence-corrected chi connectivity index (χ1v) is 5.85. The van der Waals surface area contributed by atoms with Gasteiger partial charge in [-0.05, 0) is 44.6 Å². The summed E-state index contributed by atoms with van der Waals surface area (Å²) < 4.78 is 0.973. The van der Waals surface area contributed by atoms with E-state index in [1.807, 2.05) is 25.1 Å². The minimum absolute atomic E-state index is 0.487. The number of likely N-dealkylation sites (N-methyl/N-ethyl adjacent to an activating group) is 1. The van der Waals surface area contributed by atoms with Gasteiger partial charge in [0.15, 0.2) is 0 Å². The molecule has 0 saturated heterocycles. The molecule has 0 aliphatic heterocycles. The van der Waals surface area contributed by atoms with Crippen LogP contribution in [0.4, 0.5) is 0 Å². The van der Waals surface area contributed by atoms with E-state index < -0.39 is 12.0 Å². The van der Waals surface area contributed by atoms with Gasteiger partial charge in [-0.3, -0.25) is 9.69 Å². The van der Waals surface area contributed by atoms with Crippen LogP contribution in [0.3, 0.4) is 0 Å². The fraction of sp³-hybridized carbons (Fsp3) is 0.417. The Balaban J connectivity index is 2.90. The molecule has 0 bridgehead atoms. The van der Waals surface area contributed by atoms with Gasteiger partial charge in [0.2, 0.25) is 0 Å². The van der Waals surface area contributed by atoms with E-state index >= 15 is 0 Å². The summed E-state index contributed by atoms with van der Waals surface area (Å²) in [5, 5.41) is 9.09. The van der Waals surface area contributed by atoms with Crippen LogP contribution < -0.4 is 0 Å². The number of hydrogen-bond acceptors (Lipinski definition) is 2. The van der Waals surface area contributed by atoms with Crippen molar-refractivity contribution in [3.8, 4) is 0 Å². The van der Waals surface area contributed by atoms with Gasteiger partial charge in [-0.1, -0.05) is 28.1 Å². The summed E-state index contributed by atoms with van der Waals surface area (Å²) in [6.45, 7) is 2.01. The fourth-order valence-corrected chi connectivity index (χ4v) is 2.17. The monoisotopic (exact) mass is 285 g/mol. The molecule has 1 unspecified atom stereocenters. The normalized spacial score (nSPS) is 12.8. The summed E-state index contributed by atoms with van der Waals surface area (Å²) in [6, 6.07) is 5.48. The highest BCUT2D eigenvalue weighted by Crippen LogP contribution is 2.20. The van der Waals surface area contributed by atoms with E-state index in [4.69, 9.17) is 5.11 Å². The lowest BCUT2D eigenvalue weighted by Crippen LogP contribution is -2.37. The van der Waals surface area contributed by atoms with Crippen LogP contribution in [0.5, 0.6) is 0 Å². The molecular formula is C12H16BrNO2. The van der Waals surface area contributed by atoms with Crippen LogP contribution in [0.15, 0.2) is 22.7 Å². The molecule has 88 valence electrons. The van der Waals surface area contributed by atoms with Crippen molar-refractivity contribution in [2.75, 3.05) is 14.1 Å². The Labute approximate surface area is 104 Å². The summed E-state index contributed by atoms with van der Waals surface area (Å²) in [5.41, 5.74) is 2.18. The molecule has 4 heteroatoms. The molecule has 0 radical (unpaired) electrons. The molecule has 16 heavy (non-hydrogen) atoms. The second kappa shape index (κ2) is 5.46. The maximum Gasteiger partial charge on any atom is 0.321 e. The number of carbonyl (C=O) groups is 1. The lowest BCUT2D eigenvalue weighted by molar-refractivity contribution is -0.142. The molecule has 0 aliphatic carbocycles. The summed E-state index contributed by atoms with van der Waals surface area (Å²) in [6.07, 6.45) is 0.503. The molecule has 1 rings (SSSR count). The first-order chi connectivity index (χ1) is 7.41. The second-order valence-electron chi connectivity index (χ2n) is 4.12. The minimum atomic E-state index is -0.794. The van der Waals surface area contributed by atoms with Crippen molar-refractivity contribution in [2.45, 2.75) is 19.4 Å². The maximum absolute atomic E-state index is 11.1. The third-order valence-electron chi connectivity index (χ3n) is 2.53. The van der Waals surface area contributed by atoms with E-state index in [-0.39, 0.29) is 0 Å². The highest BCUT2D eigenvalue weighted by Gasteiger charge is 2.21. The van der Waals surface area contributed by atoms with Gasteiger partial charge in [0.1, 0.15) is 6.04 Å². The molecule has 0 saturated carbocycles. The molecule has 0 spiro atoms. The van der Waals surface area contributed by atoms with Gasteiger partial charge in [0.25, 0.3) is 0 Å².